The molecule has 0 saturated carbocycles. The Morgan fingerprint density at radius 3 is 2.83 bits per heavy atom. The van der Waals surface area contributed by atoms with E-state index in [1.807, 2.05) is 12.1 Å². The van der Waals surface area contributed by atoms with Gasteiger partial charge in [0.2, 0.25) is 0 Å². The second-order valence-corrected chi connectivity index (χ2v) is 6.38. The monoisotopic (exact) mass is 428 g/mol. The predicted octanol–water partition coefficient (Wildman–Crippen LogP) is 4.08. The Balaban J connectivity index is 1.59. The average molecular weight is 429 g/mol. The number of hydrogen-bond acceptors (Lipinski definition) is 7. The van der Waals surface area contributed by atoms with Crippen LogP contribution in [0.5, 0.6) is 5.75 Å². The normalized spacial score (nSPS) is 10.7. The lowest BCUT2D eigenvalue weighted by atomic mass is 10.1. The van der Waals surface area contributed by atoms with Crippen molar-refractivity contribution in [1.29, 1.82) is 0 Å². The number of amides is 1. The number of para-hydroxylation sites is 2. The zero-order valence-corrected chi connectivity index (χ0v) is 16.6. The van der Waals surface area contributed by atoms with Crippen molar-refractivity contribution in [2.75, 3.05) is 19.0 Å². The molecule has 0 bridgehead atoms. The first-order valence-corrected chi connectivity index (χ1v) is 9.08. The maximum absolute atomic E-state index is 11.9. The van der Waals surface area contributed by atoms with Crippen LogP contribution in [0.3, 0.4) is 0 Å². The Hall–Kier alpha value is -3.85. The number of carbonyl (C=O) groups excluding carboxylic acids is 1. The fraction of sp³-hybridized carbons (Fsp3) is 0.100. The van der Waals surface area contributed by atoms with E-state index in [1.165, 1.54) is 24.4 Å². The number of nitro benzene ring substituents is 1. The highest BCUT2D eigenvalue weighted by molar-refractivity contribution is 6.33. The number of methoxy groups -OCH3 is 1. The second-order valence-electron chi connectivity index (χ2n) is 5.97. The first kappa shape index (κ1) is 20.9. The molecule has 0 radical (unpaired) electrons. The molecule has 2 N–H and O–H groups in total. The molecule has 3 aromatic rings. The van der Waals surface area contributed by atoms with Gasteiger partial charge in [-0.25, -0.2) is 5.43 Å². The van der Waals surface area contributed by atoms with E-state index >= 15 is 0 Å². The molecule has 0 atom stereocenters. The quantitative estimate of drug-likeness (QED) is 0.317. The van der Waals surface area contributed by atoms with Gasteiger partial charge in [-0.05, 0) is 30.3 Å². The number of nitro groups is 1. The molecule has 10 heteroatoms. The minimum atomic E-state index is -0.514. The van der Waals surface area contributed by atoms with Crippen molar-refractivity contribution in [2.24, 2.45) is 5.10 Å². The maximum Gasteiger partial charge on any atom is 0.270 e. The summed E-state index contributed by atoms with van der Waals surface area (Å²) in [6.45, 7) is -0.00952. The summed E-state index contributed by atoms with van der Waals surface area (Å²) in [6, 6.07) is 14.5. The summed E-state index contributed by atoms with van der Waals surface area (Å²) in [5.41, 5.74) is 3.34. The molecular formula is C20H17ClN4O5. The molecule has 1 amide bonds. The van der Waals surface area contributed by atoms with E-state index in [0.29, 0.717) is 33.5 Å². The molecule has 0 spiro atoms. The average Bonchev–Trinajstić information content (AvgIpc) is 3.21. The van der Waals surface area contributed by atoms with Gasteiger partial charge >= 0.3 is 0 Å². The lowest BCUT2D eigenvalue weighted by molar-refractivity contribution is -0.384. The predicted molar refractivity (Wildman–Crippen MR) is 113 cm³/mol. The SMILES string of the molecule is COc1ccccc1NCC(=O)NN=Cc1ccc(-c2cc([N+](=O)[O-])ccc2Cl)o1. The van der Waals surface area contributed by atoms with Crippen molar-refractivity contribution < 1.29 is 18.9 Å². The first-order chi connectivity index (χ1) is 14.5. The van der Waals surface area contributed by atoms with E-state index in [-0.39, 0.29) is 18.1 Å². The summed E-state index contributed by atoms with van der Waals surface area (Å²) in [7, 11) is 1.54. The number of non-ortho nitro benzene ring substituents is 1. The van der Waals surface area contributed by atoms with Crippen LogP contribution in [0, 0.1) is 10.1 Å². The molecule has 2 aromatic carbocycles. The Morgan fingerprint density at radius 2 is 2.07 bits per heavy atom. The second kappa shape index (κ2) is 9.57. The van der Waals surface area contributed by atoms with Crippen molar-refractivity contribution in [3.8, 4) is 17.1 Å². The van der Waals surface area contributed by atoms with E-state index in [9.17, 15) is 14.9 Å². The molecule has 0 unspecified atom stereocenters. The Labute approximate surface area is 176 Å². The molecule has 3 rings (SSSR count). The fourth-order valence-electron chi connectivity index (χ4n) is 2.56. The third kappa shape index (κ3) is 5.15. The number of nitrogens with zero attached hydrogens (tertiary/aromatic N) is 2. The van der Waals surface area contributed by atoms with Gasteiger partial charge in [-0.2, -0.15) is 5.10 Å². The van der Waals surface area contributed by atoms with E-state index < -0.39 is 4.92 Å². The molecule has 30 heavy (non-hydrogen) atoms. The van der Waals surface area contributed by atoms with Crippen molar-refractivity contribution in [1.82, 2.24) is 5.43 Å². The van der Waals surface area contributed by atoms with Crippen molar-refractivity contribution in [3.05, 3.63) is 75.5 Å². The van der Waals surface area contributed by atoms with Gasteiger partial charge in [-0.3, -0.25) is 14.9 Å². The van der Waals surface area contributed by atoms with Crippen molar-refractivity contribution in [3.63, 3.8) is 0 Å². The summed E-state index contributed by atoms with van der Waals surface area (Å²) in [5, 5.41) is 18.1. The Bertz CT molecular complexity index is 1100. The number of carbonyl (C=O) groups is 1. The maximum atomic E-state index is 11.9. The third-order valence-electron chi connectivity index (χ3n) is 3.98. The number of nitrogens with one attached hydrogen (secondary N) is 2. The topological polar surface area (TPSA) is 119 Å². The van der Waals surface area contributed by atoms with Gasteiger partial charge in [0.05, 0.1) is 35.5 Å². The van der Waals surface area contributed by atoms with Crippen LogP contribution >= 0.6 is 11.6 Å². The summed E-state index contributed by atoms with van der Waals surface area (Å²) >= 11 is 6.11. The van der Waals surface area contributed by atoms with Crippen LogP contribution in [-0.4, -0.2) is 30.7 Å². The molecule has 0 saturated heterocycles. The third-order valence-corrected chi connectivity index (χ3v) is 4.31. The molecule has 154 valence electrons. The highest BCUT2D eigenvalue weighted by Gasteiger charge is 2.14. The highest BCUT2D eigenvalue weighted by Crippen LogP contribution is 2.32. The summed E-state index contributed by atoms with van der Waals surface area (Å²) in [6.07, 6.45) is 1.32. The van der Waals surface area contributed by atoms with Crippen LogP contribution in [0.2, 0.25) is 5.02 Å². The van der Waals surface area contributed by atoms with Crippen LogP contribution in [0.4, 0.5) is 11.4 Å². The number of ether oxygens (including phenoxy) is 1. The van der Waals surface area contributed by atoms with Gasteiger partial charge in [-0.15, -0.1) is 0 Å². The summed E-state index contributed by atoms with van der Waals surface area (Å²) in [5.74, 6) is 0.933. The van der Waals surface area contributed by atoms with Gasteiger partial charge in [-0.1, -0.05) is 23.7 Å². The number of benzene rings is 2. The standard InChI is InChI=1S/C20H17ClN4O5/c1-29-19-5-3-2-4-17(19)22-12-20(26)24-23-11-14-7-9-18(30-14)15-10-13(25(27)28)6-8-16(15)21/h2-11,22H,12H2,1H3,(H,24,26). The van der Waals surface area contributed by atoms with E-state index in [1.54, 1.807) is 31.4 Å². The van der Waals surface area contributed by atoms with Crippen molar-refractivity contribution >= 4 is 35.1 Å². The van der Waals surface area contributed by atoms with Crippen LogP contribution < -0.4 is 15.5 Å². The molecule has 9 nitrogen and oxygen atoms in total. The van der Waals surface area contributed by atoms with Gasteiger partial charge < -0.3 is 14.5 Å². The molecule has 0 aliphatic heterocycles. The van der Waals surface area contributed by atoms with Crippen LogP contribution in [0.25, 0.3) is 11.3 Å². The highest BCUT2D eigenvalue weighted by atomic mass is 35.5. The van der Waals surface area contributed by atoms with E-state index in [4.69, 9.17) is 20.8 Å². The number of furan rings is 1. The largest absolute Gasteiger partial charge is 0.495 e. The molecule has 0 fully saturated rings. The minimum Gasteiger partial charge on any atom is -0.495 e. The first-order valence-electron chi connectivity index (χ1n) is 8.71. The van der Waals surface area contributed by atoms with E-state index in [2.05, 4.69) is 15.8 Å². The number of rotatable bonds is 8. The minimum absolute atomic E-state index is 0.00952. The smallest absolute Gasteiger partial charge is 0.270 e. The molecule has 0 aliphatic rings. The number of hydrogen-bond donors (Lipinski definition) is 2. The summed E-state index contributed by atoms with van der Waals surface area (Å²) in [4.78, 5) is 22.4. The van der Waals surface area contributed by atoms with E-state index in [0.717, 1.165) is 0 Å². The lowest BCUT2D eigenvalue weighted by Gasteiger charge is -2.09. The van der Waals surface area contributed by atoms with Gasteiger partial charge in [0.1, 0.15) is 17.3 Å². The van der Waals surface area contributed by atoms with Gasteiger partial charge in [0.15, 0.2) is 0 Å². The number of halogens is 1. The van der Waals surface area contributed by atoms with Gasteiger partial charge in [0, 0.05) is 17.7 Å². The molecular weight excluding hydrogens is 412 g/mol. The van der Waals surface area contributed by atoms with Gasteiger partial charge in [0.25, 0.3) is 11.6 Å². The van der Waals surface area contributed by atoms with Crippen LogP contribution in [0.1, 0.15) is 5.76 Å². The van der Waals surface area contributed by atoms with Crippen LogP contribution in [-0.2, 0) is 4.79 Å². The lowest BCUT2D eigenvalue weighted by Crippen LogP contribution is -2.26. The summed E-state index contributed by atoms with van der Waals surface area (Å²) < 4.78 is 10.8. The zero-order valence-electron chi connectivity index (χ0n) is 15.8. The van der Waals surface area contributed by atoms with Crippen LogP contribution in [0.15, 0.2) is 64.1 Å². The molecule has 1 aromatic heterocycles. The van der Waals surface area contributed by atoms with Crippen molar-refractivity contribution in [2.45, 2.75) is 0 Å². The fourth-order valence-corrected chi connectivity index (χ4v) is 2.77. The molecule has 1 heterocycles. The molecule has 0 aliphatic carbocycles. The number of anilines is 1. The number of hydrazone groups is 1. The Morgan fingerprint density at radius 1 is 1.27 bits per heavy atom. The Kier molecular flexibility index (Phi) is 6.66. The zero-order chi connectivity index (χ0) is 21.5.